The molecule has 0 atom stereocenters. The minimum atomic E-state index is -1.02. The van der Waals surface area contributed by atoms with Crippen molar-refractivity contribution in [1.29, 1.82) is 10.8 Å². The van der Waals surface area contributed by atoms with Gasteiger partial charge in [0.2, 0.25) is 0 Å². The van der Waals surface area contributed by atoms with Crippen LogP contribution in [0.1, 0.15) is 0 Å². The third-order valence-electron chi connectivity index (χ3n) is 3.93. The normalized spacial score (nSPS) is 14.6. The fourth-order valence-electron chi connectivity index (χ4n) is 2.57. The molecule has 12 heteroatoms. The number of carbonyl (C=O) groups is 2. The quantitative estimate of drug-likeness (QED) is 0.180. The van der Waals surface area contributed by atoms with E-state index >= 15 is 0 Å². The van der Waals surface area contributed by atoms with Gasteiger partial charge in [-0.2, -0.15) is 0 Å². The van der Waals surface area contributed by atoms with E-state index in [4.69, 9.17) is 31.2 Å². The van der Waals surface area contributed by atoms with Gasteiger partial charge in [-0.3, -0.25) is 20.4 Å². The van der Waals surface area contributed by atoms with Crippen molar-refractivity contribution >= 4 is 23.2 Å². The number of rotatable bonds is 10. The van der Waals surface area contributed by atoms with Crippen LogP contribution >= 0.6 is 0 Å². The molecule has 0 aromatic heterocycles. The van der Waals surface area contributed by atoms with Crippen LogP contribution in [0.2, 0.25) is 0 Å². The van der Waals surface area contributed by atoms with Crippen molar-refractivity contribution in [2.45, 2.75) is 0 Å². The Balaban J connectivity index is 3.32. The Kier molecular flexibility index (Phi) is 8.73. The van der Waals surface area contributed by atoms with Gasteiger partial charge in [0, 0.05) is 26.2 Å². The van der Waals surface area contributed by atoms with Crippen LogP contribution in [0.3, 0.4) is 0 Å². The minimum absolute atomic E-state index is 0.228. The molecule has 12 nitrogen and oxygen atoms in total. The summed E-state index contributed by atoms with van der Waals surface area (Å²) in [6.07, 6.45) is 0. The van der Waals surface area contributed by atoms with Gasteiger partial charge in [-0.25, -0.2) is 0 Å². The lowest BCUT2D eigenvalue weighted by Crippen LogP contribution is -2.44. The van der Waals surface area contributed by atoms with E-state index in [1.165, 1.54) is 0 Å². The van der Waals surface area contributed by atoms with Crippen molar-refractivity contribution in [3.63, 3.8) is 0 Å². The molecule has 0 saturated heterocycles. The molecule has 1 rings (SSSR count). The number of nitrogens with one attached hydrogen (secondary N) is 2. The van der Waals surface area contributed by atoms with Crippen LogP contribution < -0.4 is 0 Å². The first-order valence-electron chi connectivity index (χ1n) is 8.33. The van der Waals surface area contributed by atoms with Gasteiger partial charge in [0.05, 0.1) is 26.4 Å². The zero-order valence-electron chi connectivity index (χ0n) is 15.1. The Hall–Kier alpha value is -2.80. The van der Waals surface area contributed by atoms with E-state index in [1.54, 1.807) is 0 Å². The second-order valence-electron chi connectivity index (χ2n) is 5.68. The summed E-state index contributed by atoms with van der Waals surface area (Å²) in [5.41, 5.74) is -3.32. The van der Waals surface area contributed by atoms with Gasteiger partial charge in [-0.15, -0.1) is 0 Å². The molecule has 0 bridgehead atoms. The maximum atomic E-state index is 12.6. The Morgan fingerprint density at radius 3 is 1.11 bits per heavy atom. The van der Waals surface area contributed by atoms with Crippen LogP contribution in [-0.4, -0.2) is 116 Å². The molecule has 1 aliphatic carbocycles. The smallest absolute Gasteiger partial charge is 0.260 e. The summed E-state index contributed by atoms with van der Waals surface area (Å²) in [6, 6.07) is 0. The monoisotopic (exact) mass is 400 g/mol. The summed E-state index contributed by atoms with van der Waals surface area (Å²) in [5.74, 6) is -4.08. The molecular formula is C16H24N4O8. The van der Waals surface area contributed by atoms with E-state index in [1.807, 2.05) is 0 Å². The van der Waals surface area contributed by atoms with E-state index in [0.29, 0.717) is 0 Å². The van der Waals surface area contributed by atoms with E-state index in [-0.39, 0.29) is 26.2 Å². The van der Waals surface area contributed by atoms with Crippen LogP contribution in [0.25, 0.3) is 0 Å². The van der Waals surface area contributed by atoms with E-state index in [9.17, 15) is 19.8 Å². The first-order valence-corrected chi connectivity index (χ1v) is 8.33. The lowest BCUT2D eigenvalue weighted by Gasteiger charge is -2.28. The Labute approximate surface area is 160 Å². The highest BCUT2D eigenvalue weighted by Gasteiger charge is 2.39. The van der Waals surface area contributed by atoms with Gasteiger partial charge >= 0.3 is 0 Å². The highest BCUT2D eigenvalue weighted by molar-refractivity contribution is 6.40. The van der Waals surface area contributed by atoms with Gasteiger partial charge in [-0.1, -0.05) is 0 Å². The average Bonchev–Trinajstić information content (AvgIpc) is 2.66. The van der Waals surface area contributed by atoms with Crippen molar-refractivity contribution in [3.05, 3.63) is 22.7 Å². The predicted molar refractivity (Wildman–Crippen MR) is 96.3 cm³/mol. The zero-order chi connectivity index (χ0) is 21.4. The van der Waals surface area contributed by atoms with Crippen molar-refractivity contribution in [3.8, 4) is 0 Å². The summed E-state index contributed by atoms with van der Waals surface area (Å²) >= 11 is 0. The molecule has 0 aliphatic heterocycles. The lowest BCUT2D eigenvalue weighted by molar-refractivity contribution is -0.128. The first-order chi connectivity index (χ1) is 13.3. The van der Waals surface area contributed by atoms with Crippen LogP contribution in [0, 0.1) is 10.8 Å². The molecule has 0 aromatic carbocycles. The number of carbonyl (C=O) groups excluding carboxylic acids is 2. The number of aliphatic hydroxyl groups excluding tert-OH is 6. The zero-order valence-corrected chi connectivity index (χ0v) is 15.1. The lowest BCUT2D eigenvalue weighted by atomic mass is 9.90. The molecular weight excluding hydrogens is 376 g/mol. The fourth-order valence-corrected chi connectivity index (χ4v) is 2.57. The molecule has 0 unspecified atom stereocenters. The Bertz CT molecular complexity index is 643. The molecule has 28 heavy (non-hydrogen) atoms. The second-order valence-corrected chi connectivity index (χ2v) is 5.68. The largest absolute Gasteiger partial charge is 0.505 e. The highest BCUT2D eigenvalue weighted by atomic mass is 16.3. The topological polar surface area (TPSA) is 210 Å². The van der Waals surface area contributed by atoms with Crippen LogP contribution in [0.4, 0.5) is 0 Å². The number of hydrogen-bond donors (Lipinski definition) is 8. The minimum Gasteiger partial charge on any atom is -0.505 e. The third kappa shape index (κ3) is 4.72. The van der Waals surface area contributed by atoms with E-state index in [2.05, 4.69) is 0 Å². The number of amides is 2. The maximum absolute atomic E-state index is 12.6. The molecule has 0 heterocycles. The summed E-state index contributed by atoms with van der Waals surface area (Å²) in [7, 11) is 0. The van der Waals surface area contributed by atoms with E-state index in [0.717, 1.165) is 9.80 Å². The molecule has 2 amide bonds. The third-order valence-corrected chi connectivity index (χ3v) is 3.93. The van der Waals surface area contributed by atoms with Crippen molar-refractivity contribution in [2.75, 3.05) is 52.6 Å². The van der Waals surface area contributed by atoms with Crippen LogP contribution in [0.15, 0.2) is 22.7 Å². The van der Waals surface area contributed by atoms with Crippen molar-refractivity contribution in [2.24, 2.45) is 0 Å². The van der Waals surface area contributed by atoms with Crippen LogP contribution in [-0.2, 0) is 9.59 Å². The standard InChI is InChI=1S/C16H24N4O8/c17-11-9(15(27)19(1-5-21)2-6-22)13(25)12(18)10(14(11)26)16(28)20(3-7-23)4-8-24/h17-18,21-26H,1-8H2. The average molecular weight is 400 g/mol. The molecule has 0 fully saturated rings. The summed E-state index contributed by atoms with van der Waals surface area (Å²) in [6.45, 7) is -2.77. The first kappa shape index (κ1) is 23.2. The number of allylic oxidation sites excluding steroid dienone is 2. The molecule has 0 radical (unpaired) electrons. The molecule has 156 valence electrons. The van der Waals surface area contributed by atoms with Gasteiger partial charge in [0.1, 0.15) is 22.6 Å². The van der Waals surface area contributed by atoms with E-state index < -0.39 is 72.3 Å². The van der Waals surface area contributed by atoms with Gasteiger partial charge in [-0.05, 0) is 0 Å². The fraction of sp³-hybridized carbons (Fsp3) is 0.500. The van der Waals surface area contributed by atoms with Crippen LogP contribution in [0.5, 0.6) is 0 Å². The maximum Gasteiger partial charge on any atom is 0.260 e. The second kappa shape index (κ2) is 10.5. The molecule has 1 aliphatic rings. The molecule has 0 aromatic rings. The van der Waals surface area contributed by atoms with Gasteiger partial charge < -0.3 is 40.4 Å². The Morgan fingerprint density at radius 1 is 0.643 bits per heavy atom. The summed E-state index contributed by atoms with van der Waals surface area (Å²) in [4.78, 5) is 26.9. The van der Waals surface area contributed by atoms with Gasteiger partial charge in [0.15, 0.2) is 11.5 Å². The van der Waals surface area contributed by atoms with Crippen molar-refractivity contribution in [1.82, 2.24) is 9.80 Å². The summed E-state index contributed by atoms with van der Waals surface area (Å²) < 4.78 is 0. The van der Waals surface area contributed by atoms with Crippen molar-refractivity contribution < 1.29 is 40.2 Å². The summed E-state index contributed by atoms with van der Waals surface area (Å²) in [5, 5.41) is 72.6. The predicted octanol–water partition coefficient (Wildman–Crippen LogP) is -2.71. The molecule has 0 spiro atoms. The Morgan fingerprint density at radius 2 is 0.893 bits per heavy atom. The SMILES string of the molecule is N=C1C(O)=C(C(=O)N(CCO)CCO)C(=N)C(O)=C1C(=O)N(CCO)CCO. The highest BCUT2D eigenvalue weighted by Crippen LogP contribution is 2.25. The molecule has 8 N–H and O–H groups in total. The van der Waals surface area contributed by atoms with Gasteiger partial charge in [0.25, 0.3) is 11.8 Å². The number of nitrogens with zero attached hydrogens (tertiary/aromatic N) is 2. The number of aliphatic hydroxyl groups is 6. The molecule has 0 saturated carbocycles. The number of hydrogen-bond acceptors (Lipinski definition) is 10.